The molecule has 1 saturated heterocycles. The molecule has 1 N–H and O–H groups in total. The molecule has 1 heterocycles. The first kappa shape index (κ1) is 10.4. The minimum Gasteiger partial charge on any atom is -0.393 e. The highest BCUT2D eigenvalue weighted by molar-refractivity contribution is 4.88. The lowest BCUT2D eigenvalue weighted by molar-refractivity contribution is -0.291. The highest BCUT2D eigenvalue weighted by Gasteiger charge is 2.42. The Morgan fingerprint density at radius 3 is 2.07 bits per heavy atom. The van der Waals surface area contributed by atoms with Crippen molar-refractivity contribution in [3.63, 3.8) is 0 Å². The van der Waals surface area contributed by atoms with Gasteiger partial charge in [0, 0.05) is 5.41 Å². The summed E-state index contributed by atoms with van der Waals surface area (Å²) in [5.41, 5.74) is 0.189. The predicted molar refractivity (Wildman–Crippen MR) is 52.9 cm³/mol. The van der Waals surface area contributed by atoms with E-state index >= 15 is 0 Å². The van der Waals surface area contributed by atoms with Gasteiger partial charge in [-0.15, -0.1) is 0 Å². The quantitative estimate of drug-likeness (QED) is 0.646. The number of aliphatic hydroxyl groups excluding tert-OH is 1. The van der Waals surface area contributed by atoms with Crippen LogP contribution in [-0.2, 0) is 9.47 Å². The van der Waals surface area contributed by atoms with Gasteiger partial charge in [0.25, 0.3) is 0 Å². The van der Waals surface area contributed by atoms with E-state index in [1.807, 2.05) is 13.8 Å². The van der Waals surface area contributed by atoms with Crippen LogP contribution in [0.15, 0.2) is 0 Å². The molecule has 0 bridgehead atoms. The van der Waals surface area contributed by atoms with Crippen molar-refractivity contribution >= 4 is 0 Å². The molecule has 0 amide bonds. The molecule has 14 heavy (non-hydrogen) atoms. The van der Waals surface area contributed by atoms with Crippen LogP contribution in [0.5, 0.6) is 0 Å². The van der Waals surface area contributed by atoms with Gasteiger partial charge in [-0.25, -0.2) is 0 Å². The summed E-state index contributed by atoms with van der Waals surface area (Å²) >= 11 is 0. The first-order chi connectivity index (χ1) is 6.52. The van der Waals surface area contributed by atoms with Gasteiger partial charge in [0.2, 0.25) is 0 Å². The Hall–Kier alpha value is -0.120. The number of hydrogen-bond donors (Lipinski definition) is 1. The van der Waals surface area contributed by atoms with Gasteiger partial charge in [-0.05, 0) is 39.5 Å². The van der Waals surface area contributed by atoms with Gasteiger partial charge in [0.05, 0.1) is 19.3 Å². The highest BCUT2D eigenvalue weighted by atomic mass is 16.7. The van der Waals surface area contributed by atoms with E-state index in [1.54, 1.807) is 0 Å². The van der Waals surface area contributed by atoms with Crippen LogP contribution in [0.25, 0.3) is 0 Å². The molecule has 0 unspecified atom stereocenters. The number of aliphatic hydroxyl groups is 1. The Morgan fingerprint density at radius 2 is 1.57 bits per heavy atom. The molecule has 3 nitrogen and oxygen atoms in total. The second-order valence-electron chi connectivity index (χ2n) is 5.21. The van der Waals surface area contributed by atoms with Crippen LogP contribution in [0.2, 0.25) is 0 Å². The van der Waals surface area contributed by atoms with Crippen molar-refractivity contribution in [1.82, 2.24) is 0 Å². The minimum atomic E-state index is -0.415. The molecule has 1 saturated carbocycles. The van der Waals surface area contributed by atoms with Crippen LogP contribution >= 0.6 is 0 Å². The first-order valence-electron chi connectivity index (χ1n) is 5.47. The third-order valence-corrected chi connectivity index (χ3v) is 3.47. The van der Waals surface area contributed by atoms with Crippen molar-refractivity contribution in [1.29, 1.82) is 0 Å². The number of hydrogen-bond acceptors (Lipinski definition) is 3. The van der Waals surface area contributed by atoms with E-state index in [9.17, 15) is 5.11 Å². The van der Waals surface area contributed by atoms with Gasteiger partial charge < -0.3 is 14.6 Å². The molecule has 1 aliphatic heterocycles. The predicted octanol–water partition coefficient (Wildman–Crippen LogP) is 1.69. The topological polar surface area (TPSA) is 38.7 Å². The van der Waals surface area contributed by atoms with E-state index in [0.717, 1.165) is 38.9 Å². The van der Waals surface area contributed by atoms with Gasteiger partial charge in [-0.1, -0.05) is 0 Å². The largest absolute Gasteiger partial charge is 0.393 e. The molecule has 2 fully saturated rings. The maximum absolute atomic E-state index is 9.44. The summed E-state index contributed by atoms with van der Waals surface area (Å²) in [5.74, 6) is -0.415. The zero-order valence-electron chi connectivity index (χ0n) is 9.08. The molecule has 0 aromatic heterocycles. The Morgan fingerprint density at radius 1 is 1.07 bits per heavy atom. The molecule has 1 aliphatic carbocycles. The summed E-state index contributed by atoms with van der Waals surface area (Å²) in [6, 6.07) is 0. The average Bonchev–Trinajstić information content (AvgIpc) is 2.16. The average molecular weight is 200 g/mol. The normalized spacial score (nSPS) is 31.9. The Labute approximate surface area is 85.4 Å². The number of rotatable bonds is 0. The van der Waals surface area contributed by atoms with E-state index < -0.39 is 5.79 Å². The fourth-order valence-corrected chi connectivity index (χ4v) is 2.24. The standard InChI is InChI=1S/C11H20O3/c1-10(2)13-7-11(8-14-10)5-3-9(12)4-6-11/h9,12H,3-8H2,1-2H3. The van der Waals surface area contributed by atoms with Gasteiger partial charge in [-0.3, -0.25) is 0 Å². The van der Waals surface area contributed by atoms with Gasteiger partial charge >= 0.3 is 0 Å². The SMILES string of the molecule is CC1(C)OCC2(CCC(O)CC2)CO1. The molecule has 3 heteroatoms. The molecule has 0 atom stereocenters. The fraction of sp³-hybridized carbons (Fsp3) is 1.00. The molecule has 0 radical (unpaired) electrons. The fourth-order valence-electron chi connectivity index (χ4n) is 2.24. The van der Waals surface area contributed by atoms with Crippen LogP contribution < -0.4 is 0 Å². The second kappa shape index (κ2) is 3.47. The lowest BCUT2D eigenvalue weighted by atomic mass is 9.74. The van der Waals surface area contributed by atoms with Crippen LogP contribution in [0, 0.1) is 5.41 Å². The first-order valence-corrected chi connectivity index (χ1v) is 5.47. The zero-order valence-corrected chi connectivity index (χ0v) is 9.08. The van der Waals surface area contributed by atoms with Gasteiger partial charge in [0.15, 0.2) is 5.79 Å². The van der Waals surface area contributed by atoms with Crippen LogP contribution in [-0.4, -0.2) is 30.2 Å². The second-order valence-corrected chi connectivity index (χ2v) is 5.21. The molecule has 2 aliphatic rings. The van der Waals surface area contributed by atoms with Crippen molar-refractivity contribution in [3.8, 4) is 0 Å². The smallest absolute Gasteiger partial charge is 0.162 e. The van der Waals surface area contributed by atoms with Crippen LogP contribution in [0.3, 0.4) is 0 Å². The molecule has 0 aromatic carbocycles. The maximum atomic E-state index is 9.44. The van der Waals surface area contributed by atoms with Crippen molar-refractivity contribution in [3.05, 3.63) is 0 Å². The summed E-state index contributed by atoms with van der Waals surface area (Å²) in [6.45, 7) is 5.48. The Balaban J connectivity index is 1.93. The van der Waals surface area contributed by atoms with E-state index in [-0.39, 0.29) is 11.5 Å². The van der Waals surface area contributed by atoms with E-state index in [1.165, 1.54) is 0 Å². The Bertz CT molecular complexity index is 193. The molecule has 0 aromatic rings. The lowest BCUT2D eigenvalue weighted by Gasteiger charge is -2.46. The summed E-state index contributed by atoms with van der Waals surface area (Å²) in [4.78, 5) is 0. The molecular formula is C11H20O3. The third-order valence-electron chi connectivity index (χ3n) is 3.47. The van der Waals surface area contributed by atoms with E-state index in [2.05, 4.69) is 0 Å². The highest BCUT2D eigenvalue weighted by Crippen LogP contribution is 2.41. The summed E-state index contributed by atoms with van der Waals surface area (Å²) in [7, 11) is 0. The van der Waals surface area contributed by atoms with E-state index in [4.69, 9.17) is 9.47 Å². The van der Waals surface area contributed by atoms with E-state index in [0.29, 0.717) is 0 Å². The summed E-state index contributed by atoms with van der Waals surface area (Å²) in [5, 5.41) is 9.44. The number of ether oxygens (including phenoxy) is 2. The Kier molecular flexibility index (Phi) is 2.58. The third kappa shape index (κ3) is 2.10. The van der Waals surface area contributed by atoms with Crippen molar-refractivity contribution < 1.29 is 14.6 Å². The molecule has 82 valence electrons. The van der Waals surface area contributed by atoms with Crippen molar-refractivity contribution in [2.45, 2.75) is 51.4 Å². The minimum absolute atomic E-state index is 0.101. The molecule has 1 spiro atoms. The zero-order chi connectivity index (χ0) is 10.2. The lowest BCUT2D eigenvalue weighted by Crippen LogP contribution is -2.48. The summed E-state index contributed by atoms with van der Waals surface area (Å²) < 4.78 is 11.4. The molecular weight excluding hydrogens is 180 g/mol. The van der Waals surface area contributed by atoms with Gasteiger partial charge in [-0.2, -0.15) is 0 Å². The van der Waals surface area contributed by atoms with Crippen molar-refractivity contribution in [2.24, 2.45) is 5.41 Å². The van der Waals surface area contributed by atoms with Crippen molar-refractivity contribution in [2.75, 3.05) is 13.2 Å². The molecule has 2 rings (SSSR count). The maximum Gasteiger partial charge on any atom is 0.162 e. The van der Waals surface area contributed by atoms with Crippen LogP contribution in [0.1, 0.15) is 39.5 Å². The monoisotopic (exact) mass is 200 g/mol. The van der Waals surface area contributed by atoms with Crippen LogP contribution in [0.4, 0.5) is 0 Å². The van der Waals surface area contributed by atoms with Gasteiger partial charge in [0.1, 0.15) is 0 Å². The summed E-state index contributed by atoms with van der Waals surface area (Å²) in [6.07, 6.45) is 3.75.